The molecule has 1 atom stereocenters. The lowest BCUT2D eigenvalue weighted by molar-refractivity contribution is -0.189. The van der Waals surface area contributed by atoms with Crippen LogP contribution in [-0.2, 0) is 20.8 Å². The van der Waals surface area contributed by atoms with Gasteiger partial charge in [-0.05, 0) is 25.3 Å². The van der Waals surface area contributed by atoms with Crippen LogP contribution in [0.1, 0.15) is 25.3 Å². The van der Waals surface area contributed by atoms with Crippen molar-refractivity contribution >= 4 is 6.03 Å². The van der Waals surface area contributed by atoms with Crippen molar-refractivity contribution in [2.24, 2.45) is 5.92 Å². The van der Waals surface area contributed by atoms with Crippen molar-refractivity contribution in [3.05, 3.63) is 35.9 Å². The Morgan fingerprint density at radius 1 is 1.32 bits per heavy atom. The Bertz CT molecular complexity index is 546. The lowest BCUT2D eigenvalue weighted by atomic mass is 9.90. The van der Waals surface area contributed by atoms with Gasteiger partial charge in [-0.3, -0.25) is 0 Å². The van der Waals surface area contributed by atoms with E-state index in [0.29, 0.717) is 39.5 Å². The summed E-state index contributed by atoms with van der Waals surface area (Å²) in [5.74, 6) is -0.318. The summed E-state index contributed by atoms with van der Waals surface area (Å²) >= 11 is 0. The molecule has 0 spiro atoms. The number of carbonyl (C=O) groups excluding carboxylic acids is 1. The molecule has 0 bridgehead atoms. The molecule has 138 valence electrons. The molecule has 2 amide bonds. The normalized spacial score (nSPS) is 22.8. The van der Waals surface area contributed by atoms with Crippen LogP contribution in [-0.4, -0.2) is 56.2 Å². The van der Waals surface area contributed by atoms with Crippen molar-refractivity contribution in [1.82, 2.24) is 10.2 Å². The monoisotopic (exact) mass is 348 g/mol. The quantitative estimate of drug-likeness (QED) is 0.802. The van der Waals surface area contributed by atoms with Crippen LogP contribution in [0.2, 0.25) is 0 Å². The fourth-order valence-corrected chi connectivity index (χ4v) is 3.46. The third kappa shape index (κ3) is 4.93. The van der Waals surface area contributed by atoms with Crippen LogP contribution < -0.4 is 5.32 Å². The van der Waals surface area contributed by atoms with E-state index in [4.69, 9.17) is 14.2 Å². The molecule has 2 fully saturated rings. The number of amides is 2. The maximum absolute atomic E-state index is 12.4. The maximum atomic E-state index is 12.4. The number of hydrogen-bond acceptors (Lipinski definition) is 4. The molecule has 0 aliphatic carbocycles. The molecule has 0 aromatic heterocycles. The number of carbonyl (C=O) groups is 1. The average molecular weight is 348 g/mol. The number of nitrogens with zero attached hydrogens (tertiary/aromatic N) is 1. The van der Waals surface area contributed by atoms with E-state index in [1.807, 2.05) is 42.2 Å². The van der Waals surface area contributed by atoms with Crippen molar-refractivity contribution in [2.45, 2.75) is 32.2 Å². The van der Waals surface area contributed by atoms with Crippen molar-refractivity contribution in [3.63, 3.8) is 0 Å². The Kier molecular flexibility index (Phi) is 6.29. The van der Waals surface area contributed by atoms with Gasteiger partial charge in [0.1, 0.15) is 0 Å². The number of hydrogen-bond donors (Lipinski definition) is 1. The fraction of sp³-hybridized carbons (Fsp3) is 0.632. The lowest BCUT2D eigenvalue weighted by Gasteiger charge is -2.39. The highest BCUT2D eigenvalue weighted by molar-refractivity contribution is 5.74. The second-order valence-electron chi connectivity index (χ2n) is 6.77. The Morgan fingerprint density at radius 3 is 2.84 bits per heavy atom. The summed E-state index contributed by atoms with van der Waals surface area (Å²) in [7, 11) is 0. The summed E-state index contributed by atoms with van der Waals surface area (Å²) in [6.07, 6.45) is 2.01. The topological polar surface area (TPSA) is 60.0 Å². The number of urea groups is 1. The number of ether oxygens (including phenoxy) is 3. The molecule has 2 saturated heterocycles. The number of piperidine rings is 1. The molecule has 3 rings (SSSR count). The number of nitrogens with one attached hydrogen (secondary N) is 1. The second kappa shape index (κ2) is 8.65. The SMILES string of the molecule is CC1([C@@H]2CCCN(C(=O)NCCOCc3ccccc3)C2)OCCO1. The van der Waals surface area contributed by atoms with Crippen LogP contribution in [0.15, 0.2) is 30.3 Å². The highest BCUT2D eigenvalue weighted by Gasteiger charge is 2.42. The molecule has 2 heterocycles. The Balaban J connectivity index is 1.36. The molecule has 1 N–H and O–H groups in total. The maximum Gasteiger partial charge on any atom is 0.317 e. The molecular weight excluding hydrogens is 320 g/mol. The Morgan fingerprint density at radius 2 is 2.08 bits per heavy atom. The summed E-state index contributed by atoms with van der Waals surface area (Å²) in [6.45, 7) is 6.30. The van der Waals surface area contributed by atoms with Crippen LogP contribution in [0.4, 0.5) is 4.79 Å². The number of likely N-dealkylation sites (tertiary alicyclic amines) is 1. The average Bonchev–Trinajstić information content (AvgIpc) is 3.10. The first-order chi connectivity index (χ1) is 12.2. The van der Waals surface area contributed by atoms with Gasteiger partial charge in [-0.15, -0.1) is 0 Å². The van der Waals surface area contributed by atoms with E-state index in [0.717, 1.165) is 24.9 Å². The van der Waals surface area contributed by atoms with E-state index in [9.17, 15) is 4.79 Å². The van der Waals surface area contributed by atoms with Gasteiger partial charge in [0.2, 0.25) is 0 Å². The molecule has 2 aliphatic rings. The van der Waals surface area contributed by atoms with Gasteiger partial charge in [0, 0.05) is 25.6 Å². The van der Waals surface area contributed by atoms with Gasteiger partial charge >= 0.3 is 6.03 Å². The summed E-state index contributed by atoms with van der Waals surface area (Å²) < 4.78 is 17.1. The number of benzene rings is 1. The van der Waals surface area contributed by atoms with Gasteiger partial charge < -0.3 is 24.4 Å². The molecule has 0 unspecified atom stereocenters. The molecule has 6 nitrogen and oxygen atoms in total. The third-order valence-corrected chi connectivity index (χ3v) is 4.95. The number of rotatable bonds is 6. The summed E-state index contributed by atoms with van der Waals surface area (Å²) in [5.41, 5.74) is 1.14. The van der Waals surface area contributed by atoms with Gasteiger partial charge in [0.05, 0.1) is 26.4 Å². The standard InChI is InChI=1S/C19H28N2O4/c1-19(24-12-13-25-19)17-8-5-10-21(14-17)18(22)20-9-11-23-15-16-6-3-2-4-7-16/h2-4,6-7,17H,5,8-15H2,1H3,(H,20,22)/t17-/m1/s1. The van der Waals surface area contributed by atoms with Crippen LogP contribution >= 0.6 is 0 Å². The third-order valence-electron chi connectivity index (χ3n) is 4.95. The smallest absolute Gasteiger partial charge is 0.317 e. The van der Waals surface area contributed by atoms with Crippen LogP contribution in [0, 0.1) is 5.92 Å². The Hall–Kier alpha value is -1.63. The van der Waals surface area contributed by atoms with E-state index in [1.165, 1.54) is 0 Å². The van der Waals surface area contributed by atoms with Gasteiger partial charge in [0.15, 0.2) is 5.79 Å². The second-order valence-corrected chi connectivity index (χ2v) is 6.77. The first-order valence-corrected chi connectivity index (χ1v) is 9.10. The summed E-state index contributed by atoms with van der Waals surface area (Å²) in [6, 6.07) is 9.99. The predicted octanol–water partition coefficient (Wildman–Crippen LogP) is 2.39. The molecule has 2 aliphatic heterocycles. The van der Waals surface area contributed by atoms with Crippen molar-refractivity contribution in [1.29, 1.82) is 0 Å². The minimum atomic E-state index is -0.544. The van der Waals surface area contributed by atoms with Crippen LogP contribution in [0.25, 0.3) is 0 Å². The zero-order valence-corrected chi connectivity index (χ0v) is 14.9. The van der Waals surface area contributed by atoms with Crippen molar-refractivity contribution in [3.8, 4) is 0 Å². The first kappa shape index (κ1) is 18.2. The molecule has 0 saturated carbocycles. The van der Waals surface area contributed by atoms with Crippen LogP contribution in [0.3, 0.4) is 0 Å². The van der Waals surface area contributed by atoms with E-state index >= 15 is 0 Å². The summed E-state index contributed by atoms with van der Waals surface area (Å²) in [5, 5.41) is 2.94. The first-order valence-electron chi connectivity index (χ1n) is 9.10. The molecule has 25 heavy (non-hydrogen) atoms. The fourth-order valence-electron chi connectivity index (χ4n) is 3.46. The van der Waals surface area contributed by atoms with Gasteiger partial charge in [-0.25, -0.2) is 4.79 Å². The van der Waals surface area contributed by atoms with E-state index in [-0.39, 0.29) is 11.9 Å². The van der Waals surface area contributed by atoms with Crippen molar-refractivity contribution in [2.75, 3.05) is 39.5 Å². The predicted molar refractivity (Wildman–Crippen MR) is 94.1 cm³/mol. The molecule has 6 heteroatoms. The van der Waals surface area contributed by atoms with Crippen LogP contribution in [0.5, 0.6) is 0 Å². The van der Waals surface area contributed by atoms with E-state index in [1.54, 1.807) is 0 Å². The summed E-state index contributed by atoms with van der Waals surface area (Å²) in [4.78, 5) is 14.2. The largest absolute Gasteiger partial charge is 0.375 e. The highest BCUT2D eigenvalue weighted by Crippen LogP contribution is 2.33. The Labute approximate surface area is 149 Å². The minimum Gasteiger partial charge on any atom is -0.375 e. The van der Waals surface area contributed by atoms with Gasteiger partial charge in [-0.2, -0.15) is 0 Å². The molecule has 0 radical (unpaired) electrons. The van der Waals surface area contributed by atoms with Crippen molar-refractivity contribution < 1.29 is 19.0 Å². The van der Waals surface area contributed by atoms with E-state index in [2.05, 4.69) is 5.32 Å². The molecule has 1 aromatic carbocycles. The minimum absolute atomic E-state index is 0.0328. The zero-order chi connectivity index (χ0) is 17.5. The zero-order valence-electron chi connectivity index (χ0n) is 14.9. The lowest BCUT2D eigenvalue weighted by Crippen LogP contribution is -2.51. The van der Waals surface area contributed by atoms with Gasteiger partial charge in [-0.1, -0.05) is 30.3 Å². The molecule has 1 aromatic rings. The van der Waals surface area contributed by atoms with Gasteiger partial charge in [0.25, 0.3) is 0 Å². The van der Waals surface area contributed by atoms with E-state index < -0.39 is 5.79 Å². The molecular formula is C19H28N2O4. The highest BCUT2D eigenvalue weighted by atomic mass is 16.7.